The van der Waals surface area contributed by atoms with E-state index in [0.29, 0.717) is 30.3 Å². The Morgan fingerprint density at radius 2 is 1.96 bits per heavy atom. The van der Waals surface area contributed by atoms with E-state index in [4.69, 9.17) is 12.2 Å². The van der Waals surface area contributed by atoms with Crippen LogP contribution in [0.15, 0.2) is 36.4 Å². The highest BCUT2D eigenvalue weighted by Gasteiger charge is 2.37. The number of aryl methyl sites for hydroxylation is 1. The molecule has 0 saturated heterocycles. The zero-order chi connectivity index (χ0) is 17.9. The van der Waals surface area contributed by atoms with Crippen molar-refractivity contribution in [3.63, 3.8) is 0 Å². The van der Waals surface area contributed by atoms with E-state index in [1.807, 2.05) is 30.3 Å². The second-order valence-corrected chi connectivity index (χ2v) is 6.46. The third kappa shape index (κ3) is 4.94. The zero-order valence-corrected chi connectivity index (χ0v) is 14.3. The van der Waals surface area contributed by atoms with Crippen molar-refractivity contribution >= 4 is 23.0 Å². The van der Waals surface area contributed by atoms with Crippen molar-refractivity contribution in [2.75, 3.05) is 11.9 Å². The van der Waals surface area contributed by atoms with E-state index in [-0.39, 0.29) is 5.92 Å². The third-order valence-corrected chi connectivity index (χ3v) is 4.21. The van der Waals surface area contributed by atoms with Gasteiger partial charge in [0.05, 0.1) is 0 Å². The summed E-state index contributed by atoms with van der Waals surface area (Å²) in [5.41, 5.74) is 0.777. The Kier molecular flexibility index (Phi) is 5.27. The number of thiocarbonyl (C=S) groups is 1. The van der Waals surface area contributed by atoms with Crippen LogP contribution in [0.1, 0.15) is 36.6 Å². The van der Waals surface area contributed by atoms with Gasteiger partial charge in [-0.2, -0.15) is 18.3 Å². The first-order valence-corrected chi connectivity index (χ1v) is 8.59. The Bertz CT molecular complexity index is 723. The highest BCUT2D eigenvalue weighted by Crippen LogP contribution is 2.42. The van der Waals surface area contributed by atoms with Gasteiger partial charge in [0.25, 0.3) is 0 Å². The fraction of sp³-hybridized carbons (Fsp3) is 0.412. The Morgan fingerprint density at radius 3 is 2.60 bits per heavy atom. The molecule has 8 heteroatoms. The number of anilines is 1. The summed E-state index contributed by atoms with van der Waals surface area (Å²) in [5, 5.41) is 10.3. The van der Waals surface area contributed by atoms with Crippen molar-refractivity contribution in [1.82, 2.24) is 15.1 Å². The normalized spacial score (nSPS) is 14.4. The van der Waals surface area contributed by atoms with E-state index in [2.05, 4.69) is 15.7 Å². The molecule has 0 aliphatic heterocycles. The van der Waals surface area contributed by atoms with E-state index >= 15 is 0 Å². The molecule has 4 nitrogen and oxygen atoms in total. The van der Waals surface area contributed by atoms with Gasteiger partial charge in [0.15, 0.2) is 10.8 Å². The Morgan fingerprint density at radius 1 is 1.24 bits per heavy atom. The summed E-state index contributed by atoms with van der Waals surface area (Å²) in [6.07, 6.45) is -1.89. The van der Waals surface area contributed by atoms with Crippen LogP contribution in [-0.4, -0.2) is 21.4 Å². The molecule has 1 aromatic heterocycles. The first-order valence-electron chi connectivity index (χ1n) is 8.18. The Balaban J connectivity index is 1.49. The molecular weight excluding hydrogens is 349 g/mol. The number of nitrogens with one attached hydrogen (secondary N) is 2. The van der Waals surface area contributed by atoms with Crippen molar-refractivity contribution in [3.05, 3.63) is 47.8 Å². The molecule has 0 atom stereocenters. The first kappa shape index (κ1) is 17.7. The number of hydrogen-bond donors (Lipinski definition) is 2. The number of rotatable bonds is 6. The van der Waals surface area contributed by atoms with E-state index in [1.54, 1.807) is 0 Å². The van der Waals surface area contributed by atoms with Crippen molar-refractivity contribution in [3.8, 4) is 0 Å². The number of para-hydroxylation sites is 1. The highest BCUT2D eigenvalue weighted by molar-refractivity contribution is 7.80. The predicted molar refractivity (Wildman–Crippen MR) is 94.5 cm³/mol. The number of hydrogen-bond acceptors (Lipinski definition) is 2. The second-order valence-electron chi connectivity index (χ2n) is 6.05. The van der Waals surface area contributed by atoms with Gasteiger partial charge in [-0.1, -0.05) is 18.2 Å². The van der Waals surface area contributed by atoms with Gasteiger partial charge in [0.1, 0.15) is 0 Å². The number of nitrogens with zero attached hydrogens (tertiary/aromatic N) is 2. The lowest BCUT2D eigenvalue weighted by Gasteiger charge is -2.11. The van der Waals surface area contributed by atoms with Crippen LogP contribution in [0, 0.1) is 0 Å². The summed E-state index contributed by atoms with van der Waals surface area (Å²) < 4.78 is 40.1. The molecule has 1 aromatic carbocycles. The van der Waals surface area contributed by atoms with Crippen LogP contribution < -0.4 is 10.6 Å². The standard InChI is InChI=1S/C17H19F3N4S/c18-17(19,20)15-11-14(12-7-8-12)24(23-15)10-4-9-21-16(25)22-13-5-2-1-3-6-13/h1-3,5-6,11-12H,4,7-10H2,(H2,21,22,25). The van der Waals surface area contributed by atoms with Gasteiger partial charge in [-0.3, -0.25) is 4.68 Å². The molecule has 1 fully saturated rings. The topological polar surface area (TPSA) is 41.9 Å². The van der Waals surface area contributed by atoms with E-state index < -0.39 is 11.9 Å². The molecule has 2 N–H and O–H groups in total. The summed E-state index contributed by atoms with van der Waals surface area (Å²) in [4.78, 5) is 0. The Hall–Kier alpha value is -2.09. The molecule has 3 rings (SSSR count). The van der Waals surface area contributed by atoms with Gasteiger partial charge in [-0.05, 0) is 49.7 Å². The molecule has 0 radical (unpaired) electrons. The van der Waals surface area contributed by atoms with Crippen LogP contribution in [0.3, 0.4) is 0 Å². The van der Waals surface area contributed by atoms with E-state index in [1.165, 1.54) is 10.7 Å². The van der Waals surface area contributed by atoms with Crippen molar-refractivity contribution in [2.45, 2.75) is 37.9 Å². The minimum absolute atomic E-state index is 0.220. The predicted octanol–water partition coefficient (Wildman–Crippen LogP) is 4.16. The average Bonchev–Trinajstić information content (AvgIpc) is 3.31. The lowest BCUT2D eigenvalue weighted by molar-refractivity contribution is -0.141. The lowest BCUT2D eigenvalue weighted by Crippen LogP contribution is -2.29. The minimum atomic E-state index is -4.39. The second kappa shape index (κ2) is 7.43. The van der Waals surface area contributed by atoms with Crippen molar-refractivity contribution in [2.24, 2.45) is 0 Å². The van der Waals surface area contributed by atoms with Crippen LogP contribution in [0.25, 0.3) is 0 Å². The van der Waals surface area contributed by atoms with Crippen molar-refractivity contribution in [1.29, 1.82) is 0 Å². The summed E-state index contributed by atoms with van der Waals surface area (Å²) in [5.74, 6) is 0.220. The molecule has 0 unspecified atom stereocenters. The van der Waals surface area contributed by atoms with Crippen LogP contribution in [-0.2, 0) is 12.7 Å². The number of benzene rings is 1. The van der Waals surface area contributed by atoms with Crippen LogP contribution in [0.4, 0.5) is 18.9 Å². The van der Waals surface area contributed by atoms with Crippen LogP contribution in [0.5, 0.6) is 0 Å². The molecule has 2 aromatic rings. The number of aromatic nitrogens is 2. The molecule has 1 aliphatic rings. The Labute approximate surface area is 149 Å². The monoisotopic (exact) mass is 368 g/mol. The maximum absolute atomic E-state index is 12.9. The average molecular weight is 368 g/mol. The molecular formula is C17H19F3N4S. The maximum atomic E-state index is 12.9. The fourth-order valence-corrected chi connectivity index (χ4v) is 2.80. The maximum Gasteiger partial charge on any atom is 0.435 e. The van der Waals surface area contributed by atoms with Gasteiger partial charge in [-0.15, -0.1) is 0 Å². The SMILES string of the molecule is FC(F)(F)c1cc(C2CC2)n(CCCNC(=S)Nc2ccccc2)n1. The van der Waals surface area contributed by atoms with Crippen molar-refractivity contribution < 1.29 is 13.2 Å². The van der Waals surface area contributed by atoms with Gasteiger partial charge in [0.2, 0.25) is 0 Å². The molecule has 134 valence electrons. The van der Waals surface area contributed by atoms with Gasteiger partial charge in [0, 0.05) is 30.4 Å². The van der Waals surface area contributed by atoms with Gasteiger partial charge in [-0.25, -0.2) is 0 Å². The van der Waals surface area contributed by atoms with E-state index in [0.717, 1.165) is 18.5 Å². The number of alkyl halides is 3. The smallest absolute Gasteiger partial charge is 0.362 e. The lowest BCUT2D eigenvalue weighted by atomic mass is 10.2. The summed E-state index contributed by atoms with van der Waals surface area (Å²) in [6.45, 7) is 0.993. The summed E-state index contributed by atoms with van der Waals surface area (Å²) in [6, 6.07) is 10.7. The molecule has 0 amide bonds. The quantitative estimate of drug-likeness (QED) is 0.594. The fourth-order valence-electron chi connectivity index (χ4n) is 2.58. The molecule has 25 heavy (non-hydrogen) atoms. The van der Waals surface area contributed by atoms with Gasteiger partial charge < -0.3 is 10.6 Å². The zero-order valence-electron chi connectivity index (χ0n) is 13.5. The molecule has 1 aliphatic carbocycles. The summed E-state index contributed by atoms with van der Waals surface area (Å²) >= 11 is 5.20. The third-order valence-electron chi connectivity index (χ3n) is 3.96. The van der Waals surface area contributed by atoms with Crippen LogP contribution in [0.2, 0.25) is 0 Å². The van der Waals surface area contributed by atoms with Crippen LogP contribution >= 0.6 is 12.2 Å². The molecule has 1 heterocycles. The summed E-state index contributed by atoms with van der Waals surface area (Å²) in [7, 11) is 0. The molecule has 0 spiro atoms. The largest absolute Gasteiger partial charge is 0.435 e. The van der Waals surface area contributed by atoms with E-state index in [9.17, 15) is 13.2 Å². The molecule has 0 bridgehead atoms. The number of halogens is 3. The van der Waals surface area contributed by atoms with Gasteiger partial charge >= 0.3 is 6.18 Å². The highest BCUT2D eigenvalue weighted by atomic mass is 32.1. The molecule has 1 saturated carbocycles. The minimum Gasteiger partial charge on any atom is -0.362 e. The first-order chi connectivity index (χ1) is 11.9.